The largest absolute Gasteiger partial charge is 0.481 e. The van der Waals surface area contributed by atoms with Gasteiger partial charge in [-0.1, -0.05) is 42.5 Å². The Balaban J connectivity index is 1.98. The summed E-state index contributed by atoms with van der Waals surface area (Å²) in [6, 6.07) is 16.2. The third-order valence-corrected chi connectivity index (χ3v) is 4.66. The standard InChI is InChI=1S/C20H22N2O4S/c1-14(23)21-18(16-7-3-2-4-8-16)11-19(24)22-17-9-5-6-15(10-17)12-27-13-20(25)26/h2-10,18H,11-13H2,1H3,(H,21,23)(H,22,24)(H,25,26). The maximum absolute atomic E-state index is 12.4. The minimum absolute atomic E-state index is 0.0338. The predicted molar refractivity (Wildman–Crippen MR) is 106 cm³/mol. The van der Waals surface area contributed by atoms with Crippen molar-refractivity contribution in [3.63, 3.8) is 0 Å². The van der Waals surface area contributed by atoms with E-state index in [0.29, 0.717) is 11.4 Å². The number of aliphatic carboxylic acids is 1. The lowest BCUT2D eigenvalue weighted by molar-refractivity contribution is -0.134. The van der Waals surface area contributed by atoms with Crippen LogP contribution in [0.3, 0.4) is 0 Å². The monoisotopic (exact) mass is 386 g/mol. The van der Waals surface area contributed by atoms with Gasteiger partial charge in [0.05, 0.1) is 18.2 Å². The number of nitrogens with one attached hydrogen (secondary N) is 2. The Labute approximate surface area is 162 Å². The molecule has 0 heterocycles. The van der Waals surface area contributed by atoms with Crippen molar-refractivity contribution in [1.29, 1.82) is 0 Å². The quantitative estimate of drug-likeness (QED) is 0.615. The Kier molecular flexibility index (Phi) is 7.88. The van der Waals surface area contributed by atoms with Crippen molar-refractivity contribution in [2.45, 2.75) is 25.1 Å². The van der Waals surface area contributed by atoms with E-state index in [-0.39, 0.29) is 24.0 Å². The number of carbonyl (C=O) groups excluding carboxylic acids is 2. The zero-order valence-corrected chi connectivity index (χ0v) is 15.8. The Hall–Kier alpha value is -2.80. The van der Waals surface area contributed by atoms with Gasteiger partial charge in [0.2, 0.25) is 11.8 Å². The zero-order valence-electron chi connectivity index (χ0n) is 15.0. The van der Waals surface area contributed by atoms with Gasteiger partial charge >= 0.3 is 5.97 Å². The average Bonchev–Trinajstić information content (AvgIpc) is 2.61. The van der Waals surface area contributed by atoms with Crippen LogP contribution in [0.15, 0.2) is 54.6 Å². The minimum Gasteiger partial charge on any atom is -0.481 e. The van der Waals surface area contributed by atoms with Crippen molar-refractivity contribution in [1.82, 2.24) is 5.32 Å². The molecule has 2 rings (SSSR count). The van der Waals surface area contributed by atoms with E-state index in [1.54, 1.807) is 6.07 Å². The van der Waals surface area contributed by atoms with Gasteiger partial charge in [0.1, 0.15) is 0 Å². The molecule has 0 aromatic heterocycles. The molecule has 0 bridgehead atoms. The van der Waals surface area contributed by atoms with Crippen LogP contribution in [0, 0.1) is 0 Å². The average molecular weight is 386 g/mol. The highest BCUT2D eigenvalue weighted by Gasteiger charge is 2.17. The van der Waals surface area contributed by atoms with Gasteiger partial charge < -0.3 is 15.7 Å². The van der Waals surface area contributed by atoms with Crippen molar-refractivity contribution in [2.24, 2.45) is 0 Å². The van der Waals surface area contributed by atoms with Crippen LogP contribution in [0.25, 0.3) is 0 Å². The highest BCUT2D eigenvalue weighted by Crippen LogP contribution is 2.20. The van der Waals surface area contributed by atoms with Crippen LogP contribution in [-0.2, 0) is 20.1 Å². The molecule has 7 heteroatoms. The molecule has 6 nitrogen and oxygen atoms in total. The molecule has 0 radical (unpaired) electrons. The fraction of sp³-hybridized carbons (Fsp3) is 0.250. The maximum Gasteiger partial charge on any atom is 0.313 e. The first-order valence-electron chi connectivity index (χ1n) is 8.44. The number of thioether (sulfide) groups is 1. The fourth-order valence-corrected chi connectivity index (χ4v) is 3.27. The molecule has 0 fully saturated rings. The summed E-state index contributed by atoms with van der Waals surface area (Å²) in [4.78, 5) is 34.5. The second kappa shape index (κ2) is 10.4. The number of hydrogen-bond acceptors (Lipinski definition) is 4. The predicted octanol–water partition coefficient (Wildman–Crippen LogP) is 3.21. The van der Waals surface area contributed by atoms with E-state index in [2.05, 4.69) is 10.6 Å². The zero-order chi connectivity index (χ0) is 19.6. The molecular formula is C20H22N2O4S. The van der Waals surface area contributed by atoms with Crippen LogP contribution in [0.4, 0.5) is 5.69 Å². The number of benzene rings is 2. The number of carboxylic acids is 1. The van der Waals surface area contributed by atoms with Gasteiger partial charge in [-0.3, -0.25) is 14.4 Å². The van der Waals surface area contributed by atoms with Crippen LogP contribution in [0.1, 0.15) is 30.5 Å². The van der Waals surface area contributed by atoms with E-state index in [0.717, 1.165) is 11.1 Å². The maximum atomic E-state index is 12.4. The van der Waals surface area contributed by atoms with Crippen molar-refractivity contribution < 1.29 is 19.5 Å². The summed E-state index contributed by atoms with van der Waals surface area (Å²) in [5.41, 5.74) is 2.44. The first kappa shape index (κ1) is 20.5. The van der Waals surface area contributed by atoms with E-state index in [9.17, 15) is 14.4 Å². The molecule has 0 aliphatic carbocycles. The molecule has 27 heavy (non-hydrogen) atoms. The van der Waals surface area contributed by atoms with Crippen molar-refractivity contribution >= 4 is 35.2 Å². The van der Waals surface area contributed by atoms with Gasteiger partial charge in [-0.15, -0.1) is 11.8 Å². The van der Waals surface area contributed by atoms with Crippen LogP contribution >= 0.6 is 11.8 Å². The lowest BCUT2D eigenvalue weighted by Gasteiger charge is -2.18. The molecule has 2 amide bonds. The van der Waals surface area contributed by atoms with Crippen molar-refractivity contribution in [2.75, 3.05) is 11.1 Å². The molecule has 0 spiro atoms. The Morgan fingerprint density at radius 1 is 1.07 bits per heavy atom. The Bertz CT molecular complexity index is 796. The summed E-state index contributed by atoms with van der Waals surface area (Å²) >= 11 is 1.30. The second-order valence-corrected chi connectivity index (χ2v) is 6.99. The smallest absolute Gasteiger partial charge is 0.313 e. The van der Waals surface area contributed by atoms with Gasteiger partial charge in [-0.05, 0) is 23.3 Å². The number of carboxylic acid groups (broad SMARTS) is 1. The summed E-state index contributed by atoms with van der Waals surface area (Å²) in [6.07, 6.45) is 0.113. The topological polar surface area (TPSA) is 95.5 Å². The Morgan fingerprint density at radius 3 is 2.48 bits per heavy atom. The summed E-state index contributed by atoms with van der Waals surface area (Å²) in [5, 5.41) is 14.3. The van der Waals surface area contributed by atoms with Gasteiger partial charge in [0.15, 0.2) is 0 Å². The molecule has 142 valence electrons. The molecule has 2 aromatic rings. The normalized spacial score (nSPS) is 11.4. The van der Waals surface area contributed by atoms with Crippen molar-refractivity contribution in [3.05, 3.63) is 65.7 Å². The van der Waals surface area contributed by atoms with Crippen LogP contribution in [0.2, 0.25) is 0 Å². The summed E-state index contributed by atoms with van der Waals surface area (Å²) in [7, 11) is 0. The molecule has 0 saturated carbocycles. The lowest BCUT2D eigenvalue weighted by atomic mass is 10.0. The first-order valence-corrected chi connectivity index (χ1v) is 9.60. The van der Waals surface area contributed by atoms with E-state index in [1.165, 1.54) is 18.7 Å². The van der Waals surface area contributed by atoms with E-state index >= 15 is 0 Å². The molecule has 0 aliphatic heterocycles. The molecule has 2 aromatic carbocycles. The number of anilines is 1. The van der Waals surface area contributed by atoms with E-state index < -0.39 is 12.0 Å². The van der Waals surface area contributed by atoms with Gasteiger partial charge in [-0.25, -0.2) is 0 Å². The molecule has 0 saturated heterocycles. The molecule has 0 aliphatic rings. The minimum atomic E-state index is -0.852. The number of hydrogen-bond donors (Lipinski definition) is 3. The molecule has 1 atom stereocenters. The van der Waals surface area contributed by atoms with E-state index in [4.69, 9.17) is 5.11 Å². The second-order valence-electron chi connectivity index (χ2n) is 6.00. The summed E-state index contributed by atoms with van der Waals surface area (Å²) < 4.78 is 0. The van der Waals surface area contributed by atoms with Crippen LogP contribution in [0.5, 0.6) is 0 Å². The van der Waals surface area contributed by atoms with Gasteiger partial charge in [-0.2, -0.15) is 0 Å². The summed E-state index contributed by atoms with van der Waals surface area (Å²) in [6.45, 7) is 1.42. The third kappa shape index (κ3) is 7.53. The molecule has 3 N–H and O–H groups in total. The number of amides is 2. The first-order chi connectivity index (χ1) is 12.9. The van der Waals surface area contributed by atoms with Gasteiger partial charge in [0, 0.05) is 18.4 Å². The van der Waals surface area contributed by atoms with Crippen LogP contribution < -0.4 is 10.6 Å². The Morgan fingerprint density at radius 2 is 1.81 bits per heavy atom. The lowest BCUT2D eigenvalue weighted by Crippen LogP contribution is -2.29. The summed E-state index contributed by atoms with van der Waals surface area (Å²) in [5.74, 6) is -0.683. The fourth-order valence-electron chi connectivity index (χ4n) is 2.58. The van der Waals surface area contributed by atoms with Crippen molar-refractivity contribution in [3.8, 4) is 0 Å². The van der Waals surface area contributed by atoms with Gasteiger partial charge in [0.25, 0.3) is 0 Å². The third-order valence-electron chi connectivity index (χ3n) is 3.67. The highest BCUT2D eigenvalue weighted by molar-refractivity contribution is 7.99. The van der Waals surface area contributed by atoms with E-state index in [1.807, 2.05) is 48.5 Å². The SMILES string of the molecule is CC(=O)NC(CC(=O)Nc1cccc(CSCC(=O)O)c1)c1ccccc1. The molecule has 1 unspecified atom stereocenters. The molecular weight excluding hydrogens is 364 g/mol. The number of rotatable bonds is 9. The highest BCUT2D eigenvalue weighted by atomic mass is 32.2. The number of carbonyl (C=O) groups is 3. The van der Waals surface area contributed by atoms with Crippen LogP contribution in [-0.4, -0.2) is 28.6 Å².